The van der Waals surface area contributed by atoms with Gasteiger partial charge >= 0.3 is 5.97 Å². The molecule has 29 heavy (non-hydrogen) atoms. The highest BCUT2D eigenvalue weighted by Gasteiger charge is 2.33. The van der Waals surface area contributed by atoms with Crippen LogP contribution in [0, 0.1) is 0 Å². The smallest absolute Gasteiger partial charge is 0.311 e. The summed E-state index contributed by atoms with van der Waals surface area (Å²) in [5.74, 6) is 0.873. The Balaban J connectivity index is 1.22. The van der Waals surface area contributed by atoms with E-state index in [1.54, 1.807) is 23.6 Å². The summed E-state index contributed by atoms with van der Waals surface area (Å²) < 4.78 is 10.3. The molecule has 1 N–H and O–H groups in total. The van der Waals surface area contributed by atoms with E-state index in [2.05, 4.69) is 20.4 Å². The quantitative estimate of drug-likeness (QED) is 0.539. The Kier molecular flexibility index (Phi) is 5.97. The van der Waals surface area contributed by atoms with E-state index in [1.165, 1.54) is 11.3 Å². The van der Waals surface area contributed by atoms with Crippen molar-refractivity contribution in [3.05, 3.63) is 34.5 Å². The van der Waals surface area contributed by atoms with Gasteiger partial charge in [-0.3, -0.25) is 14.5 Å². The van der Waals surface area contributed by atoms with Crippen LogP contribution >= 0.6 is 22.7 Å². The van der Waals surface area contributed by atoms with Crippen molar-refractivity contribution in [2.24, 2.45) is 0 Å². The number of nitrogens with one attached hydrogen (secondary N) is 1. The van der Waals surface area contributed by atoms with Crippen molar-refractivity contribution in [3.8, 4) is 10.7 Å². The lowest BCUT2D eigenvalue weighted by atomic mass is 10.0. The van der Waals surface area contributed by atoms with E-state index in [1.807, 2.05) is 22.4 Å². The number of likely N-dealkylation sites (tertiary alicyclic amines) is 1. The van der Waals surface area contributed by atoms with Crippen molar-refractivity contribution in [3.63, 3.8) is 0 Å². The highest BCUT2D eigenvalue weighted by atomic mass is 32.1. The van der Waals surface area contributed by atoms with Crippen LogP contribution in [0.1, 0.15) is 24.4 Å². The van der Waals surface area contributed by atoms with Gasteiger partial charge in [0, 0.05) is 18.5 Å². The Morgan fingerprint density at radius 2 is 2.21 bits per heavy atom. The molecule has 4 heterocycles. The maximum Gasteiger partial charge on any atom is 0.311 e. The highest BCUT2D eigenvalue weighted by Crippen LogP contribution is 2.28. The van der Waals surface area contributed by atoms with Gasteiger partial charge in [0.2, 0.25) is 17.6 Å². The van der Waals surface area contributed by atoms with Gasteiger partial charge in [0.25, 0.3) is 0 Å². The second-order valence-corrected chi connectivity index (χ2v) is 8.30. The Morgan fingerprint density at radius 1 is 1.34 bits per heavy atom. The molecule has 0 aromatic carbocycles. The third-order valence-corrected chi connectivity index (χ3v) is 5.96. The predicted octanol–water partition coefficient (Wildman–Crippen LogP) is 2.40. The van der Waals surface area contributed by atoms with Gasteiger partial charge in [0.05, 0.1) is 36.1 Å². The molecule has 1 aliphatic rings. The molecular weight excluding hydrogens is 414 g/mol. The maximum atomic E-state index is 12.2. The lowest BCUT2D eigenvalue weighted by molar-refractivity contribution is -0.142. The van der Waals surface area contributed by atoms with Crippen LogP contribution in [0.5, 0.6) is 0 Å². The van der Waals surface area contributed by atoms with Gasteiger partial charge < -0.3 is 14.6 Å². The summed E-state index contributed by atoms with van der Waals surface area (Å²) in [7, 11) is 0. The Bertz CT molecular complexity index is 978. The van der Waals surface area contributed by atoms with Crippen LogP contribution in [-0.4, -0.2) is 58.1 Å². The summed E-state index contributed by atoms with van der Waals surface area (Å²) in [4.78, 5) is 35.4. The summed E-state index contributed by atoms with van der Waals surface area (Å²) in [6.45, 7) is 3.72. The molecule has 152 valence electrons. The number of carbonyl (C=O) groups excluding carboxylic acids is 2. The lowest BCUT2D eigenvalue weighted by Crippen LogP contribution is -2.48. The number of thiazole rings is 1. The molecule has 0 unspecified atom stereocenters. The Labute approximate surface area is 174 Å². The first-order valence-electron chi connectivity index (χ1n) is 9.10. The van der Waals surface area contributed by atoms with E-state index in [0.717, 1.165) is 4.88 Å². The topological polar surface area (TPSA) is 110 Å². The monoisotopic (exact) mass is 433 g/mol. The number of carbonyl (C=O) groups is 2. The van der Waals surface area contributed by atoms with Crippen molar-refractivity contribution in [2.75, 3.05) is 31.6 Å². The predicted molar refractivity (Wildman–Crippen MR) is 108 cm³/mol. The van der Waals surface area contributed by atoms with Gasteiger partial charge in [0.15, 0.2) is 5.13 Å². The van der Waals surface area contributed by atoms with E-state index in [4.69, 9.17) is 9.26 Å². The number of esters is 1. The zero-order chi connectivity index (χ0) is 20.2. The molecule has 3 aromatic rings. The van der Waals surface area contributed by atoms with Crippen LogP contribution in [0.3, 0.4) is 0 Å². The normalized spacial score (nSPS) is 14.5. The minimum absolute atomic E-state index is 0.103. The van der Waals surface area contributed by atoms with Gasteiger partial charge in [-0.05, 0) is 18.4 Å². The first kappa shape index (κ1) is 19.7. The van der Waals surface area contributed by atoms with Crippen molar-refractivity contribution in [1.82, 2.24) is 20.0 Å². The number of nitrogens with zero attached hydrogens (tertiary/aromatic N) is 4. The lowest BCUT2D eigenvalue weighted by Gasteiger charge is -2.36. The summed E-state index contributed by atoms with van der Waals surface area (Å²) in [6.07, 6.45) is 0.103. The minimum Gasteiger partial charge on any atom is -0.466 e. The Hall–Kier alpha value is -2.63. The SMILES string of the molecule is CCOC(=O)Cc1csc(NC(=O)CN2CC(c3nc(-c4cccs4)no3)C2)n1. The first-order valence-corrected chi connectivity index (χ1v) is 10.9. The molecule has 4 rings (SSSR count). The van der Waals surface area contributed by atoms with E-state index in [-0.39, 0.29) is 30.8 Å². The molecule has 0 radical (unpaired) electrons. The van der Waals surface area contributed by atoms with Gasteiger partial charge in [-0.1, -0.05) is 11.2 Å². The van der Waals surface area contributed by atoms with Crippen molar-refractivity contribution in [1.29, 1.82) is 0 Å². The van der Waals surface area contributed by atoms with E-state index in [9.17, 15) is 9.59 Å². The second kappa shape index (κ2) is 8.80. The Morgan fingerprint density at radius 3 is 2.97 bits per heavy atom. The van der Waals surface area contributed by atoms with Crippen molar-refractivity contribution >= 4 is 39.7 Å². The molecule has 1 amide bonds. The highest BCUT2D eigenvalue weighted by molar-refractivity contribution is 7.14. The zero-order valence-electron chi connectivity index (χ0n) is 15.7. The van der Waals surface area contributed by atoms with Crippen LogP contribution in [-0.2, 0) is 20.7 Å². The fourth-order valence-electron chi connectivity index (χ4n) is 2.93. The number of ether oxygens (including phenoxy) is 1. The zero-order valence-corrected chi connectivity index (χ0v) is 17.3. The summed E-state index contributed by atoms with van der Waals surface area (Å²) >= 11 is 2.85. The standard InChI is InChI=1S/C18H19N5O4S2/c1-2-26-15(25)6-12-10-29-18(19-12)20-14(24)9-23-7-11(8-23)17-21-16(22-27-17)13-4-3-5-28-13/h3-5,10-11H,2,6-9H2,1H3,(H,19,20,24). The number of anilines is 1. The van der Waals surface area contributed by atoms with Gasteiger partial charge in [-0.25, -0.2) is 4.98 Å². The molecular formula is C18H19N5O4S2. The fourth-order valence-corrected chi connectivity index (χ4v) is 4.31. The van der Waals surface area contributed by atoms with E-state index < -0.39 is 0 Å². The van der Waals surface area contributed by atoms with Crippen LogP contribution in [0.25, 0.3) is 10.7 Å². The molecule has 0 saturated carbocycles. The van der Waals surface area contributed by atoms with Crippen LogP contribution in [0.4, 0.5) is 5.13 Å². The molecule has 1 aliphatic heterocycles. The molecule has 0 bridgehead atoms. The second-order valence-electron chi connectivity index (χ2n) is 6.50. The van der Waals surface area contributed by atoms with E-state index >= 15 is 0 Å². The van der Waals surface area contributed by atoms with Gasteiger partial charge in [0.1, 0.15) is 0 Å². The fraction of sp³-hybridized carbons (Fsp3) is 0.389. The number of amides is 1. The molecule has 11 heteroatoms. The van der Waals surface area contributed by atoms with Crippen LogP contribution < -0.4 is 5.32 Å². The van der Waals surface area contributed by atoms with Gasteiger partial charge in [-0.2, -0.15) is 4.98 Å². The number of aromatic nitrogens is 3. The molecule has 3 aromatic heterocycles. The molecule has 0 atom stereocenters. The number of thiophene rings is 1. The third kappa shape index (κ3) is 4.86. The molecule has 1 saturated heterocycles. The first-order chi connectivity index (χ1) is 14.1. The third-order valence-electron chi connectivity index (χ3n) is 4.29. The van der Waals surface area contributed by atoms with E-state index in [0.29, 0.717) is 42.2 Å². The molecule has 0 aliphatic carbocycles. The largest absolute Gasteiger partial charge is 0.466 e. The summed E-state index contributed by atoms with van der Waals surface area (Å²) in [5, 5.41) is 11.0. The molecule has 9 nitrogen and oxygen atoms in total. The van der Waals surface area contributed by atoms with Gasteiger partial charge in [-0.15, -0.1) is 22.7 Å². The van der Waals surface area contributed by atoms with Crippen LogP contribution in [0.2, 0.25) is 0 Å². The van der Waals surface area contributed by atoms with Crippen LogP contribution in [0.15, 0.2) is 27.4 Å². The number of hydrogen-bond donors (Lipinski definition) is 1. The minimum atomic E-state index is -0.328. The molecule has 1 fully saturated rings. The van der Waals surface area contributed by atoms with Crippen molar-refractivity contribution in [2.45, 2.75) is 19.3 Å². The van der Waals surface area contributed by atoms with Crippen molar-refractivity contribution < 1.29 is 18.8 Å². The average molecular weight is 434 g/mol. The molecule has 0 spiro atoms. The maximum absolute atomic E-state index is 12.2. The average Bonchev–Trinajstić information content (AvgIpc) is 3.39. The summed E-state index contributed by atoms with van der Waals surface area (Å²) in [5.41, 5.74) is 0.589. The number of rotatable bonds is 8. The summed E-state index contributed by atoms with van der Waals surface area (Å²) in [6, 6.07) is 3.90. The number of hydrogen-bond acceptors (Lipinski definition) is 10.